The molecule has 6 heteroatoms. The zero-order valence-electron chi connectivity index (χ0n) is 13.4. The third-order valence-corrected chi connectivity index (χ3v) is 3.04. The number of rotatable bonds is 7. The first kappa shape index (κ1) is 17.2. The molecule has 0 aromatic heterocycles. The maximum Gasteiger partial charge on any atom is 0.259 e. The van der Waals surface area contributed by atoms with Crippen molar-refractivity contribution >= 4 is 18.0 Å². The lowest BCUT2D eigenvalue weighted by Crippen LogP contribution is -2.37. The van der Waals surface area contributed by atoms with Crippen LogP contribution in [0.15, 0.2) is 59.7 Å². The summed E-state index contributed by atoms with van der Waals surface area (Å²) >= 11 is 0. The molecule has 2 aromatic carbocycles. The van der Waals surface area contributed by atoms with Crippen LogP contribution in [-0.4, -0.2) is 31.2 Å². The van der Waals surface area contributed by atoms with Gasteiger partial charge in [-0.1, -0.05) is 48.0 Å². The number of hydrazone groups is 1. The van der Waals surface area contributed by atoms with Crippen molar-refractivity contribution in [3.8, 4) is 5.75 Å². The largest absolute Gasteiger partial charge is 0.484 e. The Morgan fingerprint density at radius 2 is 1.75 bits per heavy atom. The van der Waals surface area contributed by atoms with Gasteiger partial charge in [-0.3, -0.25) is 9.59 Å². The summed E-state index contributed by atoms with van der Waals surface area (Å²) in [6.07, 6.45) is 1.54. The van der Waals surface area contributed by atoms with Gasteiger partial charge in [0.2, 0.25) is 0 Å². The highest BCUT2D eigenvalue weighted by Gasteiger charge is 2.05. The van der Waals surface area contributed by atoms with Gasteiger partial charge in [-0.05, 0) is 24.6 Å². The Morgan fingerprint density at radius 3 is 2.46 bits per heavy atom. The molecular weight excluding hydrogens is 306 g/mol. The summed E-state index contributed by atoms with van der Waals surface area (Å²) in [7, 11) is 0. The molecule has 0 radical (unpaired) electrons. The van der Waals surface area contributed by atoms with E-state index in [4.69, 9.17) is 4.74 Å². The van der Waals surface area contributed by atoms with E-state index in [0.717, 1.165) is 11.1 Å². The van der Waals surface area contributed by atoms with Crippen LogP contribution in [0.1, 0.15) is 11.1 Å². The fourth-order valence-electron chi connectivity index (χ4n) is 1.77. The normalized spacial score (nSPS) is 10.4. The van der Waals surface area contributed by atoms with Crippen LogP contribution in [0.2, 0.25) is 0 Å². The molecule has 0 fully saturated rings. The Bertz CT molecular complexity index is 697. The molecule has 0 aliphatic carbocycles. The van der Waals surface area contributed by atoms with Gasteiger partial charge in [0, 0.05) is 0 Å². The van der Waals surface area contributed by atoms with E-state index < -0.39 is 5.91 Å². The monoisotopic (exact) mass is 325 g/mol. The highest BCUT2D eigenvalue weighted by atomic mass is 16.5. The summed E-state index contributed by atoms with van der Waals surface area (Å²) in [5.74, 6) is -0.192. The number of para-hydroxylation sites is 1. The van der Waals surface area contributed by atoms with Crippen molar-refractivity contribution in [2.75, 3.05) is 13.2 Å². The van der Waals surface area contributed by atoms with Crippen LogP contribution >= 0.6 is 0 Å². The molecule has 2 aromatic rings. The van der Waals surface area contributed by atoms with Crippen molar-refractivity contribution < 1.29 is 14.3 Å². The second kappa shape index (κ2) is 9.09. The quantitative estimate of drug-likeness (QED) is 0.600. The number of carbonyl (C=O) groups is 2. The molecule has 0 aliphatic heterocycles. The van der Waals surface area contributed by atoms with Gasteiger partial charge < -0.3 is 10.1 Å². The van der Waals surface area contributed by atoms with Gasteiger partial charge >= 0.3 is 0 Å². The van der Waals surface area contributed by atoms with E-state index in [-0.39, 0.29) is 19.1 Å². The molecular formula is C18H19N3O3. The zero-order chi connectivity index (χ0) is 17.2. The smallest absolute Gasteiger partial charge is 0.259 e. The topological polar surface area (TPSA) is 79.8 Å². The van der Waals surface area contributed by atoms with E-state index in [0.29, 0.717) is 5.75 Å². The number of benzene rings is 2. The Labute approximate surface area is 140 Å². The first-order valence-corrected chi connectivity index (χ1v) is 7.46. The molecule has 0 aliphatic rings. The maximum atomic E-state index is 11.6. The van der Waals surface area contributed by atoms with Crippen molar-refractivity contribution in [2.24, 2.45) is 5.10 Å². The van der Waals surface area contributed by atoms with Gasteiger partial charge in [-0.15, -0.1) is 0 Å². The van der Waals surface area contributed by atoms with Gasteiger partial charge in [-0.25, -0.2) is 5.43 Å². The van der Waals surface area contributed by atoms with Gasteiger partial charge in [-0.2, -0.15) is 5.10 Å². The summed E-state index contributed by atoms with van der Waals surface area (Å²) in [6.45, 7) is 1.68. The summed E-state index contributed by atoms with van der Waals surface area (Å²) < 4.78 is 5.28. The molecule has 0 unspecified atom stereocenters. The summed E-state index contributed by atoms with van der Waals surface area (Å²) in [6, 6.07) is 16.7. The molecule has 0 heterocycles. The first-order valence-electron chi connectivity index (χ1n) is 7.46. The molecule has 2 N–H and O–H groups in total. The standard InChI is InChI=1S/C18H19N3O3/c1-14-7-9-15(10-8-14)11-20-21-17(22)12-19-18(23)13-24-16-5-3-2-4-6-16/h2-11H,12-13H2,1H3,(H,19,23)(H,21,22). The molecule has 0 saturated carbocycles. The SMILES string of the molecule is Cc1ccc(C=NNC(=O)CNC(=O)COc2ccccc2)cc1. The minimum Gasteiger partial charge on any atom is -0.484 e. The first-order chi connectivity index (χ1) is 11.6. The summed E-state index contributed by atoms with van der Waals surface area (Å²) in [4.78, 5) is 23.2. The van der Waals surface area contributed by atoms with Crippen molar-refractivity contribution in [3.05, 3.63) is 65.7 Å². The molecule has 0 atom stereocenters. The summed E-state index contributed by atoms with van der Waals surface area (Å²) in [5.41, 5.74) is 4.38. The van der Waals surface area contributed by atoms with E-state index in [2.05, 4.69) is 15.8 Å². The van der Waals surface area contributed by atoms with Crippen LogP contribution < -0.4 is 15.5 Å². The molecule has 0 saturated heterocycles. The van der Waals surface area contributed by atoms with Crippen LogP contribution in [0.5, 0.6) is 5.75 Å². The van der Waals surface area contributed by atoms with Crippen LogP contribution in [-0.2, 0) is 9.59 Å². The van der Waals surface area contributed by atoms with Crippen LogP contribution in [0, 0.1) is 6.92 Å². The van der Waals surface area contributed by atoms with E-state index >= 15 is 0 Å². The maximum absolute atomic E-state index is 11.6. The molecule has 6 nitrogen and oxygen atoms in total. The summed E-state index contributed by atoms with van der Waals surface area (Å²) in [5, 5.41) is 6.29. The predicted octanol–water partition coefficient (Wildman–Crippen LogP) is 1.64. The predicted molar refractivity (Wildman–Crippen MR) is 91.9 cm³/mol. The van der Waals surface area contributed by atoms with Crippen molar-refractivity contribution in [1.29, 1.82) is 0 Å². The molecule has 124 valence electrons. The van der Waals surface area contributed by atoms with Crippen LogP contribution in [0.4, 0.5) is 0 Å². The van der Waals surface area contributed by atoms with Gasteiger partial charge in [0.1, 0.15) is 5.75 Å². The minimum absolute atomic E-state index is 0.149. The Balaban J connectivity index is 1.65. The van der Waals surface area contributed by atoms with Crippen molar-refractivity contribution in [2.45, 2.75) is 6.92 Å². The molecule has 2 amide bonds. The lowest BCUT2D eigenvalue weighted by atomic mass is 10.2. The lowest BCUT2D eigenvalue weighted by molar-refractivity contribution is -0.127. The lowest BCUT2D eigenvalue weighted by Gasteiger charge is -2.06. The number of carbonyl (C=O) groups excluding carboxylic acids is 2. The third kappa shape index (κ3) is 6.31. The number of hydrogen-bond donors (Lipinski definition) is 2. The molecule has 2 rings (SSSR count). The second-order valence-electron chi connectivity index (χ2n) is 5.08. The fourth-order valence-corrected chi connectivity index (χ4v) is 1.77. The number of amides is 2. The van der Waals surface area contributed by atoms with E-state index in [1.54, 1.807) is 12.1 Å². The highest BCUT2D eigenvalue weighted by Crippen LogP contribution is 2.07. The van der Waals surface area contributed by atoms with Crippen LogP contribution in [0.3, 0.4) is 0 Å². The van der Waals surface area contributed by atoms with Gasteiger partial charge in [0.25, 0.3) is 11.8 Å². The third-order valence-electron chi connectivity index (χ3n) is 3.04. The number of hydrogen-bond acceptors (Lipinski definition) is 4. The Kier molecular flexibility index (Phi) is 6.52. The van der Waals surface area contributed by atoms with E-state index in [1.165, 1.54) is 6.21 Å². The minimum atomic E-state index is -0.411. The molecule has 0 spiro atoms. The average Bonchev–Trinajstić information content (AvgIpc) is 2.61. The number of ether oxygens (including phenoxy) is 1. The number of nitrogens with one attached hydrogen (secondary N) is 2. The van der Waals surface area contributed by atoms with Crippen LogP contribution in [0.25, 0.3) is 0 Å². The second-order valence-corrected chi connectivity index (χ2v) is 5.08. The number of aryl methyl sites for hydroxylation is 1. The highest BCUT2D eigenvalue weighted by molar-refractivity contribution is 5.86. The van der Waals surface area contributed by atoms with Crippen molar-refractivity contribution in [3.63, 3.8) is 0 Å². The van der Waals surface area contributed by atoms with Gasteiger partial charge in [0.15, 0.2) is 6.61 Å². The van der Waals surface area contributed by atoms with E-state index in [9.17, 15) is 9.59 Å². The number of nitrogens with zero attached hydrogens (tertiary/aromatic N) is 1. The average molecular weight is 325 g/mol. The Hall–Kier alpha value is -3.15. The zero-order valence-corrected chi connectivity index (χ0v) is 13.4. The Morgan fingerprint density at radius 1 is 1.04 bits per heavy atom. The van der Waals surface area contributed by atoms with Gasteiger partial charge in [0.05, 0.1) is 12.8 Å². The fraction of sp³-hybridized carbons (Fsp3) is 0.167. The molecule has 24 heavy (non-hydrogen) atoms. The van der Waals surface area contributed by atoms with Crippen molar-refractivity contribution in [1.82, 2.24) is 10.7 Å². The molecule has 0 bridgehead atoms. The van der Waals surface area contributed by atoms with E-state index in [1.807, 2.05) is 49.4 Å².